The molecule has 0 aliphatic carbocycles. The first-order valence-corrected chi connectivity index (χ1v) is 13.8. The Morgan fingerprint density at radius 3 is 1.22 bits per heavy atom. The van der Waals surface area contributed by atoms with Crippen LogP contribution in [0.1, 0.15) is 93.4 Å². The zero-order valence-electron chi connectivity index (χ0n) is 23.9. The number of esters is 4. The van der Waals surface area contributed by atoms with Crippen LogP contribution in [0.4, 0.5) is 0 Å². The number of benzene rings is 3. The van der Waals surface area contributed by atoms with E-state index in [9.17, 15) is 19.2 Å². The van der Waals surface area contributed by atoms with E-state index < -0.39 is 23.9 Å². The third kappa shape index (κ3) is 11.3. The summed E-state index contributed by atoms with van der Waals surface area (Å²) < 4.78 is 20.5. The van der Waals surface area contributed by atoms with Crippen molar-refractivity contribution >= 4 is 23.9 Å². The second-order valence-corrected chi connectivity index (χ2v) is 8.91. The van der Waals surface area contributed by atoms with Crippen molar-refractivity contribution in [1.82, 2.24) is 0 Å². The zero-order valence-corrected chi connectivity index (χ0v) is 23.9. The lowest BCUT2D eigenvalue weighted by atomic mass is 10.1. The van der Waals surface area contributed by atoms with E-state index in [0.29, 0.717) is 19.8 Å². The van der Waals surface area contributed by atoms with Crippen LogP contribution < -0.4 is 0 Å². The van der Waals surface area contributed by atoms with E-state index >= 15 is 0 Å². The first kappa shape index (κ1) is 32.8. The summed E-state index contributed by atoms with van der Waals surface area (Å²) in [6, 6.07) is 22.5. The summed E-state index contributed by atoms with van der Waals surface area (Å²) in [6.45, 7) is 7.04. The second-order valence-electron chi connectivity index (χ2n) is 8.91. The van der Waals surface area contributed by atoms with Crippen LogP contribution in [-0.4, -0.2) is 43.7 Å². The smallest absolute Gasteiger partial charge is 0.339 e. The Balaban J connectivity index is 0.000000296. The highest BCUT2D eigenvalue weighted by molar-refractivity contribution is 6.03. The fourth-order valence-corrected chi connectivity index (χ4v) is 3.41. The predicted octanol–water partition coefficient (Wildman–Crippen LogP) is 6.82. The number of ether oxygens (including phenoxy) is 4. The Morgan fingerprint density at radius 1 is 0.463 bits per heavy atom. The molecule has 0 saturated carbocycles. The Bertz CT molecular complexity index is 1210. The van der Waals surface area contributed by atoms with Gasteiger partial charge in [-0.15, -0.1) is 0 Å². The molecule has 8 nitrogen and oxygen atoms in total. The van der Waals surface area contributed by atoms with Crippen molar-refractivity contribution in [1.29, 1.82) is 0 Å². The van der Waals surface area contributed by atoms with Crippen molar-refractivity contribution in [2.75, 3.05) is 19.8 Å². The van der Waals surface area contributed by atoms with Gasteiger partial charge in [0.15, 0.2) is 0 Å². The first-order chi connectivity index (χ1) is 19.9. The van der Waals surface area contributed by atoms with Gasteiger partial charge in [0.25, 0.3) is 0 Å². The molecule has 0 N–H and O–H groups in total. The van der Waals surface area contributed by atoms with Crippen LogP contribution in [0.5, 0.6) is 0 Å². The Morgan fingerprint density at radius 2 is 0.829 bits per heavy atom. The summed E-state index contributed by atoms with van der Waals surface area (Å²) in [5.74, 6) is -2.00. The molecule has 0 heterocycles. The molecule has 3 rings (SSSR count). The minimum Gasteiger partial charge on any atom is -0.462 e. The van der Waals surface area contributed by atoms with E-state index in [1.807, 2.05) is 51.1 Å². The molecule has 0 spiro atoms. The topological polar surface area (TPSA) is 105 Å². The van der Waals surface area contributed by atoms with Crippen molar-refractivity contribution < 1.29 is 38.1 Å². The van der Waals surface area contributed by atoms with Crippen molar-refractivity contribution in [2.45, 2.75) is 53.1 Å². The molecule has 0 aliphatic rings. The largest absolute Gasteiger partial charge is 0.462 e. The van der Waals surface area contributed by atoms with E-state index in [-0.39, 0.29) is 28.9 Å². The highest BCUT2D eigenvalue weighted by Crippen LogP contribution is 2.14. The summed E-state index contributed by atoms with van der Waals surface area (Å²) in [5, 5.41) is 0. The zero-order chi connectivity index (χ0) is 29.9. The number of hydrogen-bond donors (Lipinski definition) is 0. The fourth-order valence-electron chi connectivity index (χ4n) is 3.41. The maximum absolute atomic E-state index is 12.2. The van der Waals surface area contributed by atoms with Crippen LogP contribution in [0.2, 0.25) is 0 Å². The van der Waals surface area contributed by atoms with Crippen LogP contribution in [0.25, 0.3) is 0 Å². The second kappa shape index (κ2) is 18.8. The Labute approximate surface area is 241 Å². The highest BCUT2D eigenvalue weighted by atomic mass is 16.5. The van der Waals surface area contributed by atoms with Crippen LogP contribution >= 0.6 is 0 Å². The summed E-state index contributed by atoms with van der Waals surface area (Å²) in [6.07, 6.45) is 3.22. The van der Waals surface area contributed by atoms with E-state index in [4.69, 9.17) is 18.9 Å². The molecule has 0 fully saturated rings. The molecule has 0 bridgehead atoms. The van der Waals surface area contributed by atoms with Crippen LogP contribution in [0.15, 0.2) is 78.9 Å². The average Bonchev–Trinajstić information content (AvgIpc) is 3.02. The number of hydrogen-bond acceptors (Lipinski definition) is 8. The number of carbonyl (C=O) groups excluding carboxylic acids is 4. The molecule has 3 aromatic carbocycles. The lowest BCUT2D eigenvalue weighted by molar-refractivity contribution is 0.0437. The minimum atomic E-state index is -0.531. The molecule has 41 heavy (non-hydrogen) atoms. The molecule has 0 saturated heterocycles. The monoisotopic (exact) mass is 562 g/mol. The first-order valence-electron chi connectivity index (χ1n) is 13.8. The van der Waals surface area contributed by atoms with Crippen LogP contribution in [0, 0.1) is 0 Å². The quantitative estimate of drug-likeness (QED) is 0.127. The lowest BCUT2D eigenvalue weighted by Crippen LogP contribution is -2.14. The summed E-state index contributed by atoms with van der Waals surface area (Å²) in [5.41, 5.74) is 1.87. The van der Waals surface area contributed by atoms with E-state index in [1.165, 1.54) is 0 Å². The van der Waals surface area contributed by atoms with Gasteiger partial charge in [-0.2, -0.15) is 0 Å². The molecule has 3 aromatic rings. The molecule has 218 valence electrons. The summed E-state index contributed by atoms with van der Waals surface area (Å²) >= 11 is 0. The third-order valence-electron chi connectivity index (χ3n) is 5.55. The lowest BCUT2D eigenvalue weighted by Gasteiger charge is -2.09. The molecule has 0 atom stereocenters. The van der Waals surface area contributed by atoms with Gasteiger partial charge in [-0.1, -0.05) is 81.8 Å². The van der Waals surface area contributed by atoms with Gasteiger partial charge < -0.3 is 18.9 Å². The SMILES string of the molecule is CCCCOC(=O)c1ccccc1C(=O)OCc1ccccc1.CCCOC(=O)c1ccccc1C(=O)OCCC. The van der Waals surface area contributed by atoms with Crippen molar-refractivity contribution in [3.63, 3.8) is 0 Å². The molecule has 0 radical (unpaired) electrons. The number of rotatable bonds is 13. The van der Waals surface area contributed by atoms with E-state index in [2.05, 4.69) is 0 Å². The highest BCUT2D eigenvalue weighted by Gasteiger charge is 2.19. The number of carbonyl (C=O) groups is 4. The van der Waals surface area contributed by atoms with E-state index in [0.717, 1.165) is 31.2 Å². The standard InChI is InChI=1S/C19H20O4.C14H18O4/c1-2-3-13-22-18(20)16-11-7-8-12-17(16)19(21)23-14-15-9-5-4-6-10-15;1-3-9-17-13(15)11-7-5-6-8-12(11)14(16)18-10-4-2/h4-12H,2-3,13-14H2,1H3;5-8H,3-4,9-10H2,1-2H3. The van der Waals surface area contributed by atoms with Gasteiger partial charge in [-0.3, -0.25) is 0 Å². The van der Waals surface area contributed by atoms with Crippen molar-refractivity contribution in [3.8, 4) is 0 Å². The molecule has 0 amide bonds. The van der Waals surface area contributed by atoms with Gasteiger partial charge in [0.1, 0.15) is 6.61 Å². The molecular weight excluding hydrogens is 524 g/mol. The summed E-state index contributed by atoms with van der Waals surface area (Å²) in [4.78, 5) is 47.9. The van der Waals surface area contributed by atoms with Crippen molar-refractivity contribution in [2.24, 2.45) is 0 Å². The minimum absolute atomic E-state index is 0.166. The van der Waals surface area contributed by atoms with Gasteiger partial charge in [-0.25, -0.2) is 19.2 Å². The fraction of sp³-hybridized carbons (Fsp3) is 0.333. The molecule has 8 heteroatoms. The normalized spacial score (nSPS) is 10.0. The van der Waals surface area contributed by atoms with Gasteiger partial charge in [0.05, 0.1) is 42.1 Å². The maximum Gasteiger partial charge on any atom is 0.339 e. The van der Waals surface area contributed by atoms with E-state index in [1.54, 1.807) is 48.5 Å². The third-order valence-corrected chi connectivity index (χ3v) is 5.55. The Kier molecular flexibility index (Phi) is 15.0. The van der Waals surface area contributed by atoms with Crippen molar-refractivity contribution in [3.05, 3.63) is 107 Å². The average molecular weight is 563 g/mol. The number of unbranched alkanes of at least 4 members (excludes halogenated alkanes) is 1. The molecular formula is C33H38O8. The van der Waals surface area contributed by atoms with Gasteiger partial charge >= 0.3 is 23.9 Å². The van der Waals surface area contributed by atoms with Gasteiger partial charge in [0.2, 0.25) is 0 Å². The van der Waals surface area contributed by atoms with Gasteiger partial charge in [0, 0.05) is 0 Å². The molecule has 0 unspecified atom stereocenters. The van der Waals surface area contributed by atoms with Crippen LogP contribution in [0.3, 0.4) is 0 Å². The Hall–Kier alpha value is -4.46. The maximum atomic E-state index is 12.2. The van der Waals surface area contributed by atoms with Crippen LogP contribution in [-0.2, 0) is 25.6 Å². The predicted molar refractivity (Wildman–Crippen MR) is 155 cm³/mol. The molecule has 0 aliphatic heterocycles. The van der Waals surface area contributed by atoms with Gasteiger partial charge in [-0.05, 0) is 49.1 Å². The molecule has 0 aromatic heterocycles. The summed E-state index contributed by atoms with van der Waals surface area (Å²) in [7, 11) is 0.